The molecule has 0 N–H and O–H groups in total. The van der Waals surface area contributed by atoms with E-state index in [9.17, 15) is 20.2 Å². The predicted octanol–water partition coefficient (Wildman–Crippen LogP) is 6.49. The zero-order chi connectivity index (χ0) is 22.2. The highest BCUT2D eigenvalue weighted by Gasteiger charge is 2.27. The Kier molecular flexibility index (Phi) is 4.60. The van der Waals surface area contributed by atoms with Gasteiger partial charge in [-0.2, -0.15) is 0 Å². The summed E-state index contributed by atoms with van der Waals surface area (Å²) in [6, 6.07) is 28.7. The van der Waals surface area contributed by atoms with Gasteiger partial charge in [-0.3, -0.25) is 20.2 Å². The third-order valence-electron chi connectivity index (χ3n) is 5.62. The molecule has 4 aromatic rings. The molecule has 4 aromatic carbocycles. The first-order chi connectivity index (χ1) is 15.5. The maximum absolute atomic E-state index is 11.5. The van der Waals surface area contributed by atoms with Crippen LogP contribution in [0.5, 0.6) is 0 Å². The Labute approximate surface area is 183 Å². The van der Waals surface area contributed by atoms with E-state index in [1.54, 1.807) is 24.3 Å². The number of benzene rings is 4. The van der Waals surface area contributed by atoms with E-state index in [0.717, 1.165) is 33.4 Å². The third kappa shape index (κ3) is 3.15. The molecule has 0 amide bonds. The second-order valence-corrected chi connectivity index (χ2v) is 7.46. The highest BCUT2D eigenvalue weighted by molar-refractivity contribution is 6.13. The van der Waals surface area contributed by atoms with Gasteiger partial charge in [0.1, 0.15) is 0 Å². The number of rotatable bonds is 4. The molecule has 0 unspecified atom stereocenters. The van der Waals surface area contributed by atoms with Gasteiger partial charge >= 0.3 is 0 Å². The van der Waals surface area contributed by atoms with Crippen LogP contribution < -0.4 is 0 Å². The van der Waals surface area contributed by atoms with Crippen LogP contribution in [-0.2, 0) is 0 Å². The van der Waals surface area contributed by atoms with E-state index in [1.165, 1.54) is 24.3 Å². The highest BCUT2D eigenvalue weighted by atomic mass is 16.6. The van der Waals surface area contributed by atoms with Crippen molar-refractivity contribution < 1.29 is 9.85 Å². The first kappa shape index (κ1) is 19.4. The first-order valence-corrected chi connectivity index (χ1v) is 9.97. The van der Waals surface area contributed by atoms with Gasteiger partial charge in [-0.1, -0.05) is 72.8 Å². The minimum Gasteiger partial charge on any atom is -0.258 e. The molecule has 6 nitrogen and oxygen atoms in total. The molecule has 0 radical (unpaired) electrons. The van der Waals surface area contributed by atoms with E-state index in [1.807, 2.05) is 48.5 Å². The molecule has 1 aliphatic rings. The van der Waals surface area contributed by atoms with Crippen LogP contribution in [0.1, 0.15) is 22.3 Å². The van der Waals surface area contributed by atoms with Crippen molar-refractivity contribution in [3.8, 4) is 11.1 Å². The summed E-state index contributed by atoms with van der Waals surface area (Å²) in [4.78, 5) is 22.1. The van der Waals surface area contributed by atoms with Gasteiger partial charge in [0.2, 0.25) is 0 Å². The van der Waals surface area contributed by atoms with Crippen molar-refractivity contribution in [1.82, 2.24) is 0 Å². The van der Waals surface area contributed by atoms with E-state index in [-0.39, 0.29) is 11.4 Å². The van der Waals surface area contributed by atoms with E-state index in [0.29, 0.717) is 11.1 Å². The molecular weight excluding hydrogens is 404 g/mol. The van der Waals surface area contributed by atoms with E-state index in [2.05, 4.69) is 0 Å². The maximum atomic E-state index is 11.5. The Hall–Kier alpha value is -4.58. The standard InChI is InChI=1S/C26H16N2O4/c29-27(30)19-9-5-7-17(15-19)25(18-8-6-10-20(16-18)28(31)32)26-23-13-3-1-11-21(23)22-12-2-4-14-24(22)26/h1-16H. The molecule has 5 rings (SSSR count). The SMILES string of the molecule is O=[N+]([O-])c1cccc(C(=C2c3ccccc3-c3ccccc32)c2cccc([N+](=O)[O-])c2)c1. The summed E-state index contributed by atoms with van der Waals surface area (Å²) >= 11 is 0. The summed E-state index contributed by atoms with van der Waals surface area (Å²) in [5.41, 5.74) is 6.90. The minimum absolute atomic E-state index is 0.0365. The number of nitrogens with zero attached hydrogens (tertiary/aromatic N) is 2. The van der Waals surface area contributed by atoms with E-state index >= 15 is 0 Å². The molecule has 32 heavy (non-hydrogen) atoms. The second-order valence-electron chi connectivity index (χ2n) is 7.46. The van der Waals surface area contributed by atoms with Gasteiger partial charge in [0, 0.05) is 24.3 Å². The van der Waals surface area contributed by atoms with Crippen LogP contribution in [0.4, 0.5) is 11.4 Å². The molecule has 154 valence electrons. The Morgan fingerprint density at radius 2 is 0.938 bits per heavy atom. The molecule has 6 heteroatoms. The fraction of sp³-hybridized carbons (Fsp3) is 0. The van der Waals surface area contributed by atoms with Crippen LogP contribution in [0, 0.1) is 20.2 Å². The Bertz CT molecular complexity index is 1330. The largest absolute Gasteiger partial charge is 0.270 e. The number of fused-ring (bicyclic) bond motifs is 3. The number of hydrogen-bond acceptors (Lipinski definition) is 4. The van der Waals surface area contributed by atoms with Gasteiger partial charge in [-0.25, -0.2) is 0 Å². The van der Waals surface area contributed by atoms with Gasteiger partial charge in [-0.15, -0.1) is 0 Å². The van der Waals surface area contributed by atoms with E-state index < -0.39 is 9.85 Å². The highest BCUT2D eigenvalue weighted by Crippen LogP contribution is 2.49. The second kappa shape index (κ2) is 7.59. The number of hydrogen-bond donors (Lipinski definition) is 0. The summed E-state index contributed by atoms with van der Waals surface area (Å²) in [5.74, 6) is 0. The van der Waals surface area contributed by atoms with Gasteiger partial charge in [0.05, 0.1) is 9.85 Å². The predicted molar refractivity (Wildman–Crippen MR) is 123 cm³/mol. The Morgan fingerprint density at radius 3 is 1.34 bits per heavy atom. The lowest BCUT2D eigenvalue weighted by atomic mass is 9.88. The van der Waals surface area contributed by atoms with Gasteiger partial charge in [-0.05, 0) is 44.5 Å². The average Bonchev–Trinajstić information content (AvgIpc) is 3.14. The summed E-state index contributed by atoms with van der Waals surface area (Å²) < 4.78 is 0. The Balaban J connectivity index is 1.91. The molecule has 0 bridgehead atoms. The topological polar surface area (TPSA) is 86.3 Å². The maximum Gasteiger partial charge on any atom is 0.270 e. The van der Waals surface area contributed by atoms with Crippen LogP contribution in [-0.4, -0.2) is 9.85 Å². The van der Waals surface area contributed by atoms with E-state index in [4.69, 9.17) is 0 Å². The number of non-ortho nitro benzene ring substituents is 2. The lowest BCUT2D eigenvalue weighted by Gasteiger charge is -2.15. The summed E-state index contributed by atoms with van der Waals surface area (Å²) in [5, 5.41) is 22.9. The van der Waals surface area contributed by atoms with Crippen molar-refractivity contribution in [3.05, 3.63) is 140 Å². The van der Waals surface area contributed by atoms with Crippen LogP contribution in [0.15, 0.2) is 97.1 Å². The third-order valence-corrected chi connectivity index (χ3v) is 5.62. The summed E-state index contributed by atoms with van der Waals surface area (Å²) in [6.07, 6.45) is 0. The van der Waals surface area contributed by atoms with Crippen molar-refractivity contribution in [2.45, 2.75) is 0 Å². The van der Waals surface area contributed by atoms with Crippen LogP contribution in [0.25, 0.3) is 22.3 Å². The molecule has 0 saturated carbocycles. The lowest BCUT2D eigenvalue weighted by molar-refractivity contribution is -0.385. The zero-order valence-electron chi connectivity index (χ0n) is 16.8. The molecule has 0 spiro atoms. The molecule has 0 fully saturated rings. The lowest BCUT2D eigenvalue weighted by Crippen LogP contribution is -1.97. The van der Waals surface area contributed by atoms with Crippen LogP contribution >= 0.6 is 0 Å². The zero-order valence-corrected chi connectivity index (χ0v) is 16.8. The summed E-state index contributed by atoms with van der Waals surface area (Å²) in [6.45, 7) is 0. The number of nitro groups is 2. The molecule has 0 saturated heterocycles. The van der Waals surface area contributed by atoms with Crippen molar-refractivity contribution in [2.75, 3.05) is 0 Å². The van der Waals surface area contributed by atoms with Crippen molar-refractivity contribution >= 4 is 22.5 Å². The van der Waals surface area contributed by atoms with Crippen molar-refractivity contribution in [1.29, 1.82) is 0 Å². The normalized spacial score (nSPS) is 11.6. The first-order valence-electron chi connectivity index (χ1n) is 9.97. The number of nitro benzene ring substituents is 2. The summed E-state index contributed by atoms with van der Waals surface area (Å²) in [7, 11) is 0. The molecule has 0 aromatic heterocycles. The quantitative estimate of drug-likeness (QED) is 0.246. The van der Waals surface area contributed by atoms with Crippen LogP contribution in [0.3, 0.4) is 0 Å². The molecular formula is C26H16N2O4. The van der Waals surface area contributed by atoms with Gasteiger partial charge in [0.25, 0.3) is 11.4 Å². The van der Waals surface area contributed by atoms with Crippen molar-refractivity contribution in [3.63, 3.8) is 0 Å². The average molecular weight is 420 g/mol. The molecule has 1 aliphatic carbocycles. The van der Waals surface area contributed by atoms with Gasteiger partial charge < -0.3 is 0 Å². The fourth-order valence-corrected chi connectivity index (χ4v) is 4.29. The molecule has 0 aliphatic heterocycles. The smallest absolute Gasteiger partial charge is 0.258 e. The molecule has 0 atom stereocenters. The monoisotopic (exact) mass is 420 g/mol. The minimum atomic E-state index is -0.435. The fourth-order valence-electron chi connectivity index (χ4n) is 4.29. The Morgan fingerprint density at radius 1 is 0.531 bits per heavy atom. The van der Waals surface area contributed by atoms with Crippen molar-refractivity contribution in [2.24, 2.45) is 0 Å². The van der Waals surface area contributed by atoms with Crippen LogP contribution in [0.2, 0.25) is 0 Å². The molecule has 0 heterocycles. The van der Waals surface area contributed by atoms with Gasteiger partial charge in [0.15, 0.2) is 0 Å².